The molecular formula is C13H25N3O4. The molecule has 7 heteroatoms. The predicted molar refractivity (Wildman–Crippen MR) is 74.5 cm³/mol. The number of amides is 2. The van der Waals surface area contributed by atoms with Crippen LogP contribution in [0.15, 0.2) is 0 Å². The predicted octanol–water partition coefficient (Wildman–Crippen LogP) is -0.147. The van der Waals surface area contributed by atoms with E-state index in [1.165, 1.54) is 4.90 Å². The summed E-state index contributed by atoms with van der Waals surface area (Å²) in [7, 11) is 3.35. The van der Waals surface area contributed by atoms with Gasteiger partial charge in [-0.05, 0) is 25.7 Å². The van der Waals surface area contributed by atoms with Gasteiger partial charge in [0, 0.05) is 33.7 Å². The molecule has 2 amide bonds. The monoisotopic (exact) mass is 287 g/mol. The second-order valence-corrected chi connectivity index (χ2v) is 5.64. The second kappa shape index (κ2) is 7.44. The zero-order valence-electron chi connectivity index (χ0n) is 12.2. The highest BCUT2D eigenvalue weighted by molar-refractivity contribution is 5.73. The van der Waals surface area contributed by atoms with Gasteiger partial charge in [-0.15, -0.1) is 0 Å². The lowest BCUT2D eigenvalue weighted by atomic mass is 9.79. The lowest BCUT2D eigenvalue weighted by Crippen LogP contribution is -2.46. The van der Waals surface area contributed by atoms with Crippen molar-refractivity contribution >= 4 is 12.0 Å². The van der Waals surface area contributed by atoms with Crippen molar-refractivity contribution in [1.29, 1.82) is 0 Å². The van der Waals surface area contributed by atoms with Crippen LogP contribution in [0.4, 0.5) is 4.79 Å². The molecule has 0 spiro atoms. The van der Waals surface area contributed by atoms with Gasteiger partial charge >= 0.3 is 12.0 Å². The Morgan fingerprint density at radius 3 is 2.35 bits per heavy atom. The van der Waals surface area contributed by atoms with Crippen LogP contribution in [0.3, 0.4) is 0 Å². The fraction of sp³-hybridized carbons (Fsp3) is 0.846. The van der Waals surface area contributed by atoms with Crippen molar-refractivity contribution < 1.29 is 19.8 Å². The number of hydrogen-bond acceptors (Lipinski definition) is 4. The molecule has 7 nitrogen and oxygen atoms in total. The summed E-state index contributed by atoms with van der Waals surface area (Å²) in [5.41, 5.74) is -0.822. The number of carbonyl (C=O) groups is 2. The molecule has 0 aliphatic heterocycles. The Morgan fingerprint density at radius 1 is 1.25 bits per heavy atom. The summed E-state index contributed by atoms with van der Waals surface area (Å²) in [4.78, 5) is 23.6. The molecule has 0 radical (unpaired) electrons. The molecule has 0 aromatic heterocycles. The topological polar surface area (TPSA) is 102 Å². The molecule has 0 atom stereocenters. The van der Waals surface area contributed by atoms with Crippen LogP contribution >= 0.6 is 0 Å². The zero-order valence-corrected chi connectivity index (χ0v) is 12.2. The minimum absolute atomic E-state index is 0.146. The largest absolute Gasteiger partial charge is 0.481 e. The Hall–Kier alpha value is -1.34. The summed E-state index contributed by atoms with van der Waals surface area (Å²) in [6.07, 6.45) is 2.04. The van der Waals surface area contributed by atoms with Gasteiger partial charge in [0.15, 0.2) is 0 Å². The number of hydrogen-bond donors (Lipinski definition) is 4. The molecule has 4 N–H and O–H groups in total. The standard InChI is InChI=1S/C13H25N3O4/c1-16(2)12(19)15-8-7-14-9-13(20)5-3-10(4-6-13)11(17)18/h10,14,20H,3-9H2,1-2H3,(H,15,19)(H,17,18). The van der Waals surface area contributed by atoms with Gasteiger partial charge in [-0.25, -0.2) is 4.79 Å². The van der Waals surface area contributed by atoms with Crippen LogP contribution in [0, 0.1) is 5.92 Å². The van der Waals surface area contributed by atoms with Crippen LogP contribution in [0.1, 0.15) is 25.7 Å². The molecule has 0 saturated heterocycles. The molecule has 0 aromatic carbocycles. The van der Waals surface area contributed by atoms with Gasteiger partial charge in [0.1, 0.15) is 0 Å². The number of carboxylic acid groups (broad SMARTS) is 1. The van der Waals surface area contributed by atoms with Crippen molar-refractivity contribution in [3.63, 3.8) is 0 Å². The number of nitrogens with zero attached hydrogens (tertiary/aromatic N) is 1. The highest BCUT2D eigenvalue weighted by Crippen LogP contribution is 2.31. The first-order valence-corrected chi connectivity index (χ1v) is 6.95. The van der Waals surface area contributed by atoms with Crippen molar-refractivity contribution in [2.24, 2.45) is 5.92 Å². The van der Waals surface area contributed by atoms with E-state index >= 15 is 0 Å². The average molecular weight is 287 g/mol. The summed E-state index contributed by atoms with van der Waals surface area (Å²) in [6.45, 7) is 1.49. The summed E-state index contributed by atoms with van der Waals surface area (Å²) < 4.78 is 0. The molecule has 0 heterocycles. The van der Waals surface area contributed by atoms with Crippen LogP contribution in [0.25, 0.3) is 0 Å². The minimum atomic E-state index is -0.822. The number of carboxylic acids is 1. The molecule has 1 saturated carbocycles. The van der Waals surface area contributed by atoms with E-state index < -0.39 is 11.6 Å². The third-order valence-corrected chi connectivity index (χ3v) is 3.70. The number of aliphatic hydroxyl groups is 1. The summed E-state index contributed by atoms with van der Waals surface area (Å²) in [5.74, 6) is -1.10. The lowest BCUT2D eigenvalue weighted by molar-refractivity contribution is -0.144. The molecule has 1 aliphatic rings. The third kappa shape index (κ3) is 5.34. The fourth-order valence-electron chi connectivity index (χ4n) is 2.32. The van der Waals surface area contributed by atoms with Crippen molar-refractivity contribution in [2.75, 3.05) is 33.7 Å². The van der Waals surface area contributed by atoms with Crippen LogP contribution in [0.5, 0.6) is 0 Å². The van der Waals surface area contributed by atoms with E-state index in [4.69, 9.17) is 5.11 Å². The minimum Gasteiger partial charge on any atom is -0.481 e. The zero-order chi connectivity index (χ0) is 15.2. The number of carbonyl (C=O) groups excluding carboxylic acids is 1. The maximum atomic E-state index is 11.3. The Bertz CT molecular complexity index is 339. The van der Waals surface area contributed by atoms with Crippen LogP contribution in [-0.4, -0.2) is 66.4 Å². The third-order valence-electron chi connectivity index (χ3n) is 3.70. The van der Waals surface area contributed by atoms with E-state index in [-0.39, 0.29) is 11.9 Å². The van der Waals surface area contributed by atoms with Gasteiger partial charge in [-0.1, -0.05) is 0 Å². The van der Waals surface area contributed by atoms with Gasteiger partial charge in [0.25, 0.3) is 0 Å². The summed E-state index contributed by atoms with van der Waals surface area (Å²) in [5, 5.41) is 25.0. The number of urea groups is 1. The van der Waals surface area contributed by atoms with Gasteiger partial charge in [-0.2, -0.15) is 0 Å². The highest BCUT2D eigenvalue weighted by atomic mass is 16.4. The molecular weight excluding hydrogens is 262 g/mol. The van der Waals surface area contributed by atoms with Crippen LogP contribution in [0.2, 0.25) is 0 Å². The molecule has 1 fully saturated rings. The van der Waals surface area contributed by atoms with E-state index in [1.807, 2.05) is 0 Å². The normalized spacial score (nSPS) is 26.1. The van der Waals surface area contributed by atoms with Gasteiger partial charge < -0.3 is 25.7 Å². The first-order chi connectivity index (χ1) is 9.34. The van der Waals surface area contributed by atoms with Gasteiger partial charge in [-0.3, -0.25) is 4.79 Å². The Kier molecular flexibility index (Phi) is 6.22. The maximum absolute atomic E-state index is 11.3. The second-order valence-electron chi connectivity index (χ2n) is 5.64. The summed E-state index contributed by atoms with van der Waals surface area (Å²) in [6, 6.07) is -0.146. The van der Waals surface area contributed by atoms with E-state index in [9.17, 15) is 14.7 Å². The molecule has 0 unspecified atom stereocenters. The Morgan fingerprint density at radius 2 is 1.85 bits per heavy atom. The van der Waals surface area contributed by atoms with Crippen molar-refractivity contribution in [1.82, 2.24) is 15.5 Å². The molecule has 116 valence electrons. The molecule has 1 aliphatic carbocycles. The highest BCUT2D eigenvalue weighted by Gasteiger charge is 2.35. The van der Waals surface area contributed by atoms with Gasteiger partial charge in [0.05, 0.1) is 11.5 Å². The molecule has 20 heavy (non-hydrogen) atoms. The van der Waals surface area contributed by atoms with Gasteiger partial charge in [0.2, 0.25) is 0 Å². The van der Waals surface area contributed by atoms with Crippen molar-refractivity contribution in [3.8, 4) is 0 Å². The quantitative estimate of drug-likeness (QED) is 0.509. The Balaban J connectivity index is 2.16. The SMILES string of the molecule is CN(C)C(=O)NCCNCC1(O)CCC(C(=O)O)CC1. The van der Waals surface area contributed by atoms with Crippen LogP contribution < -0.4 is 10.6 Å². The first-order valence-electron chi connectivity index (χ1n) is 6.95. The fourth-order valence-corrected chi connectivity index (χ4v) is 2.32. The lowest BCUT2D eigenvalue weighted by Gasteiger charge is -2.34. The smallest absolute Gasteiger partial charge is 0.316 e. The van der Waals surface area contributed by atoms with Crippen molar-refractivity contribution in [2.45, 2.75) is 31.3 Å². The van der Waals surface area contributed by atoms with E-state index in [2.05, 4.69) is 10.6 Å². The number of nitrogens with one attached hydrogen (secondary N) is 2. The van der Waals surface area contributed by atoms with E-state index in [1.54, 1.807) is 14.1 Å². The molecule has 1 rings (SSSR count). The van der Waals surface area contributed by atoms with E-state index in [0.717, 1.165) is 0 Å². The summed E-state index contributed by atoms with van der Waals surface area (Å²) >= 11 is 0. The first kappa shape index (κ1) is 16.7. The maximum Gasteiger partial charge on any atom is 0.316 e. The molecule has 0 aromatic rings. The van der Waals surface area contributed by atoms with Crippen molar-refractivity contribution in [3.05, 3.63) is 0 Å². The Labute approximate surface area is 119 Å². The number of aliphatic carboxylic acids is 1. The van der Waals surface area contributed by atoms with E-state index in [0.29, 0.717) is 45.3 Å². The molecule has 0 bridgehead atoms. The van der Waals surface area contributed by atoms with Crippen LogP contribution in [-0.2, 0) is 4.79 Å². The number of rotatable bonds is 6. The average Bonchev–Trinajstić information content (AvgIpc) is 2.38.